The summed E-state index contributed by atoms with van der Waals surface area (Å²) >= 11 is 0. The third kappa shape index (κ3) is 5.39. The molecule has 2 aromatic carbocycles. The topological polar surface area (TPSA) is 82.5 Å². The second-order valence-corrected chi connectivity index (χ2v) is 8.27. The number of fused-ring (bicyclic) bond motifs is 1. The predicted octanol–water partition coefficient (Wildman–Crippen LogP) is 3.72. The highest BCUT2D eigenvalue weighted by Gasteiger charge is 2.19. The smallest absolute Gasteiger partial charge is 0.267 e. The van der Waals surface area contributed by atoms with E-state index < -0.39 is 0 Å². The molecule has 2 heterocycles. The van der Waals surface area contributed by atoms with Crippen LogP contribution >= 0.6 is 0 Å². The van der Waals surface area contributed by atoms with Crippen LogP contribution in [0.15, 0.2) is 59.4 Å². The van der Waals surface area contributed by atoms with Crippen LogP contribution in [0.25, 0.3) is 11.3 Å². The highest BCUT2D eigenvalue weighted by atomic mass is 19.1. The Balaban J connectivity index is 1.53. The van der Waals surface area contributed by atoms with Crippen LogP contribution in [0, 0.1) is 11.7 Å². The van der Waals surface area contributed by atoms with Gasteiger partial charge in [-0.05, 0) is 47.9 Å². The van der Waals surface area contributed by atoms with E-state index in [-0.39, 0.29) is 35.8 Å². The molecule has 4 rings (SSSR count). The molecule has 1 aromatic heterocycles. The molecule has 0 aliphatic carbocycles. The maximum absolute atomic E-state index is 13.3. The number of hydrogen-bond acceptors (Lipinski definition) is 5. The second-order valence-electron chi connectivity index (χ2n) is 8.27. The van der Waals surface area contributed by atoms with E-state index in [0.717, 1.165) is 22.2 Å². The molecule has 0 spiro atoms. The number of rotatable bonds is 6. The van der Waals surface area contributed by atoms with Crippen LogP contribution < -0.4 is 20.3 Å². The molecule has 8 heteroatoms. The number of aromatic nitrogens is 2. The Morgan fingerprint density at radius 1 is 1.06 bits per heavy atom. The van der Waals surface area contributed by atoms with E-state index in [9.17, 15) is 14.0 Å². The van der Waals surface area contributed by atoms with E-state index in [1.807, 2.05) is 32.0 Å². The largest absolute Gasteiger partial charge is 0.490 e. The molecule has 172 valence electrons. The van der Waals surface area contributed by atoms with Crippen LogP contribution in [-0.4, -0.2) is 28.9 Å². The third-order valence-corrected chi connectivity index (χ3v) is 5.42. The van der Waals surface area contributed by atoms with Gasteiger partial charge in [0.15, 0.2) is 11.5 Å². The molecule has 1 amide bonds. The van der Waals surface area contributed by atoms with Crippen LogP contribution in [0.1, 0.15) is 31.9 Å². The van der Waals surface area contributed by atoms with Crippen LogP contribution in [0.3, 0.4) is 0 Å². The lowest BCUT2D eigenvalue weighted by Crippen LogP contribution is -2.37. The molecule has 0 saturated heterocycles. The zero-order valence-corrected chi connectivity index (χ0v) is 18.6. The van der Waals surface area contributed by atoms with Gasteiger partial charge in [-0.1, -0.05) is 26.0 Å². The summed E-state index contributed by atoms with van der Waals surface area (Å²) in [5, 5.41) is 7.33. The minimum absolute atomic E-state index is 0.0669. The molecule has 1 aliphatic heterocycles. The van der Waals surface area contributed by atoms with E-state index in [1.165, 1.54) is 18.2 Å². The van der Waals surface area contributed by atoms with Crippen molar-refractivity contribution in [2.24, 2.45) is 5.92 Å². The Bertz CT molecular complexity index is 1190. The van der Waals surface area contributed by atoms with E-state index >= 15 is 0 Å². The lowest BCUT2D eigenvalue weighted by molar-refractivity contribution is -0.123. The van der Waals surface area contributed by atoms with Crippen LogP contribution in [0.2, 0.25) is 0 Å². The number of amides is 1. The van der Waals surface area contributed by atoms with Gasteiger partial charge in [0, 0.05) is 18.1 Å². The van der Waals surface area contributed by atoms with Crippen molar-refractivity contribution in [1.82, 2.24) is 15.1 Å². The molecule has 1 atom stereocenters. The van der Waals surface area contributed by atoms with Crippen LogP contribution in [0.4, 0.5) is 4.39 Å². The number of nitrogens with one attached hydrogen (secondary N) is 1. The zero-order chi connectivity index (χ0) is 23.4. The van der Waals surface area contributed by atoms with E-state index in [4.69, 9.17) is 9.47 Å². The molecule has 1 unspecified atom stereocenters. The first-order valence-corrected chi connectivity index (χ1v) is 10.9. The summed E-state index contributed by atoms with van der Waals surface area (Å²) in [5.41, 5.74) is 1.70. The SMILES string of the molecule is CC(C)C(NC(=O)Cn1nc(-c2ccc3c(c2)OCCCO3)ccc1=O)c1ccc(F)cc1. The molecule has 33 heavy (non-hydrogen) atoms. The van der Waals surface area contributed by atoms with Gasteiger partial charge in [-0.3, -0.25) is 9.59 Å². The minimum atomic E-state index is -0.383. The Morgan fingerprint density at radius 2 is 1.79 bits per heavy atom. The number of nitrogens with zero attached hydrogens (tertiary/aromatic N) is 2. The van der Waals surface area contributed by atoms with Crippen molar-refractivity contribution < 1.29 is 18.7 Å². The molecule has 1 N–H and O–H groups in total. The Hall–Kier alpha value is -3.68. The van der Waals surface area contributed by atoms with E-state index in [2.05, 4.69) is 10.4 Å². The van der Waals surface area contributed by atoms with Crippen molar-refractivity contribution in [2.45, 2.75) is 32.9 Å². The highest BCUT2D eigenvalue weighted by molar-refractivity contribution is 5.76. The lowest BCUT2D eigenvalue weighted by Gasteiger charge is -2.23. The van der Waals surface area contributed by atoms with Crippen molar-refractivity contribution in [3.05, 3.63) is 76.3 Å². The van der Waals surface area contributed by atoms with Gasteiger partial charge in [0.25, 0.3) is 5.56 Å². The summed E-state index contributed by atoms with van der Waals surface area (Å²) in [6.45, 7) is 4.85. The normalized spacial score (nSPS) is 13.9. The fourth-order valence-corrected chi connectivity index (χ4v) is 3.70. The van der Waals surface area contributed by atoms with Gasteiger partial charge in [0.2, 0.25) is 5.91 Å². The molecule has 3 aromatic rings. The van der Waals surface area contributed by atoms with Gasteiger partial charge in [-0.25, -0.2) is 9.07 Å². The molecule has 0 saturated carbocycles. The fraction of sp³-hybridized carbons (Fsp3) is 0.320. The third-order valence-electron chi connectivity index (χ3n) is 5.42. The monoisotopic (exact) mass is 451 g/mol. The first kappa shape index (κ1) is 22.5. The van der Waals surface area contributed by atoms with Crippen molar-refractivity contribution in [3.63, 3.8) is 0 Å². The molecule has 7 nitrogen and oxygen atoms in total. The van der Waals surface area contributed by atoms with Crippen molar-refractivity contribution in [1.29, 1.82) is 0 Å². The number of benzene rings is 2. The van der Waals surface area contributed by atoms with Crippen molar-refractivity contribution in [3.8, 4) is 22.8 Å². The number of carbonyl (C=O) groups excluding carboxylic acids is 1. The number of halogens is 1. The van der Waals surface area contributed by atoms with Crippen molar-refractivity contribution >= 4 is 5.91 Å². The van der Waals surface area contributed by atoms with E-state index in [1.54, 1.807) is 18.2 Å². The van der Waals surface area contributed by atoms with Gasteiger partial charge < -0.3 is 14.8 Å². The van der Waals surface area contributed by atoms with Gasteiger partial charge in [-0.15, -0.1) is 0 Å². The molecule has 0 radical (unpaired) electrons. The summed E-state index contributed by atoms with van der Waals surface area (Å²) in [4.78, 5) is 25.2. The summed E-state index contributed by atoms with van der Waals surface area (Å²) in [6, 6.07) is 14.2. The minimum Gasteiger partial charge on any atom is -0.490 e. The van der Waals surface area contributed by atoms with Crippen LogP contribution in [0.5, 0.6) is 11.5 Å². The summed E-state index contributed by atoms with van der Waals surface area (Å²) in [5.74, 6) is 0.668. The van der Waals surface area contributed by atoms with Gasteiger partial charge in [-0.2, -0.15) is 5.10 Å². The standard InChI is InChI=1S/C25H26FN3O4/c1-16(2)25(17-4-7-19(26)8-5-17)27-23(30)15-29-24(31)11-9-20(28-29)18-6-10-21-22(14-18)33-13-3-12-32-21/h4-11,14,16,25H,3,12-13,15H2,1-2H3,(H,27,30). The van der Waals surface area contributed by atoms with Crippen molar-refractivity contribution in [2.75, 3.05) is 13.2 Å². The quantitative estimate of drug-likeness (QED) is 0.618. The summed E-state index contributed by atoms with van der Waals surface area (Å²) < 4.78 is 25.8. The summed E-state index contributed by atoms with van der Waals surface area (Å²) in [7, 11) is 0. The number of hydrogen-bond donors (Lipinski definition) is 1. The Morgan fingerprint density at radius 3 is 2.52 bits per heavy atom. The Labute approximate surface area is 191 Å². The maximum atomic E-state index is 13.3. The molecule has 0 fully saturated rings. The van der Waals surface area contributed by atoms with Crippen LogP contribution in [-0.2, 0) is 11.3 Å². The molecule has 0 bridgehead atoms. The number of ether oxygens (including phenoxy) is 2. The maximum Gasteiger partial charge on any atom is 0.267 e. The highest BCUT2D eigenvalue weighted by Crippen LogP contribution is 2.33. The molecular formula is C25H26FN3O4. The number of carbonyl (C=O) groups is 1. The van der Waals surface area contributed by atoms with Gasteiger partial charge >= 0.3 is 0 Å². The zero-order valence-electron chi connectivity index (χ0n) is 18.6. The average Bonchev–Trinajstić information content (AvgIpc) is 3.04. The fourth-order valence-electron chi connectivity index (χ4n) is 3.70. The van der Waals surface area contributed by atoms with Gasteiger partial charge in [0.05, 0.1) is 24.9 Å². The second kappa shape index (κ2) is 9.85. The lowest BCUT2D eigenvalue weighted by atomic mass is 9.96. The Kier molecular flexibility index (Phi) is 6.72. The summed E-state index contributed by atoms with van der Waals surface area (Å²) in [6.07, 6.45) is 0.803. The first-order valence-electron chi connectivity index (χ1n) is 10.9. The first-order chi connectivity index (χ1) is 15.9. The average molecular weight is 451 g/mol. The van der Waals surface area contributed by atoms with Gasteiger partial charge in [0.1, 0.15) is 12.4 Å². The molecule has 1 aliphatic rings. The predicted molar refractivity (Wildman–Crippen MR) is 122 cm³/mol. The molecular weight excluding hydrogens is 425 g/mol. The van der Waals surface area contributed by atoms with E-state index in [0.29, 0.717) is 30.4 Å².